The summed E-state index contributed by atoms with van der Waals surface area (Å²) in [7, 11) is 0. The van der Waals surface area contributed by atoms with E-state index in [1.165, 1.54) is 18.4 Å². The number of nitrogens with one attached hydrogen (secondary N) is 1. The standard InChI is InChI=1S/C16H17NO/c18-16-14-9-5-4-8-13(14)15(17-16)11-10-12-6-2-1-3-7-12/h4-6,8-9,15-18H,1-3,7H2. The molecule has 2 atom stereocenters. The number of fused-ring (bicyclic) bond motifs is 1. The Labute approximate surface area is 108 Å². The normalized spacial score (nSPS) is 25.9. The summed E-state index contributed by atoms with van der Waals surface area (Å²) in [5.74, 6) is 6.51. The first-order valence-corrected chi connectivity index (χ1v) is 6.58. The molecule has 1 aliphatic heterocycles. The molecular weight excluding hydrogens is 222 g/mol. The first-order valence-electron chi connectivity index (χ1n) is 6.58. The molecule has 1 aromatic carbocycles. The Hall–Kier alpha value is -1.56. The third-order valence-corrected chi connectivity index (χ3v) is 3.59. The lowest BCUT2D eigenvalue weighted by atomic mass is 9.99. The quantitative estimate of drug-likeness (QED) is 0.682. The van der Waals surface area contributed by atoms with Crippen LogP contribution in [0.4, 0.5) is 0 Å². The second-order valence-electron chi connectivity index (χ2n) is 4.88. The minimum absolute atomic E-state index is 0.0426. The summed E-state index contributed by atoms with van der Waals surface area (Å²) in [6, 6.07) is 7.89. The molecule has 2 heteroatoms. The highest BCUT2D eigenvalue weighted by Crippen LogP contribution is 2.30. The second-order valence-corrected chi connectivity index (χ2v) is 4.88. The molecule has 0 aromatic heterocycles. The van der Waals surface area contributed by atoms with Crippen LogP contribution in [-0.4, -0.2) is 5.11 Å². The predicted molar refractivity (Wildman–Crippen MR) is 71.6 cm³/mol. The third-order valence-electron chi connectivity index (χ3n) is 3.59. The number of aliphatic hydroxyl groups excluding tert-OH is 1. The highest BCUT2D eigenvalue weighted by Gasteiger charge is 2.26. The Morgan fingerprint density at radius 1 is 1.17 bits per heavy atom. The first-order chi connectivity index (χ1) is 8.84. The van der Waals surface area contributed by atoms with Crippen LogP contribution in [0.25, 0.3) is 0 Å². The van der Waals surface area contributed by atoms with E-state index in [0.717, 1.165) is 24.0 Å². The van der Waals surface area contributed by atoms with Crippen molar-refractivity contribution in [2.45, 2.75) is 38.0 Å². The smallest absolute Gasteiger partial charge is 0.132 e. The molecule has 0 radical (unpaired) electrons. The minimum Gasteiger partial charge on any atom is -0.374 e. The van der Waals surface area contributed by atoms with Gasteiger partial charge in [0.2, 0.25) is 0 Å². The molecule has 0 bridgehead atoms. The van der Waals surface area contributed by atoms with E-state index in [1.807, 2.05) is 24.3 Å². The van der Waals surface area contributed by atoms with Crippen molar-refractivity contribution in [2.24, 2.45) is 0 Å². The molecular formula is C16H17NO. The van der Waals surface area contributed by atoms with Gasteiger partial charge in [-0.1, -0.05) is 42.2 Å². The van der Waals surface area contributed by atoms with Crippen LogP contribution in [0.5, 0.6) is 0 Å². The summed E-state index contributed by atoms with van der Waals surface area (Å²) in [6.07, 6.45) is 6.45. The molecule has 0 saturated carbocycles. The molecule has 18 heavy (non-hydrogen) atoms. The highest BCUT2D eigenvalue weighted by molar-refractivity contribution is 5.42. The molecule has 0 saturated heterocycles. The zero-order valence-corrected chi connectivity index (χ0v) is 10.3. The maximum absolute atomic E-state index is 9.90. The van der Waals surface area contributed by atoms with Crippen molar-refractivity contribution in [3.63, 3.8) is 0 Å². The molecule has 2 N–H and O–H groups in total. The Kier molecular flexibility index (Phi) is 3.19. The number of benzene rings is 1. The first kappa shape index (κ1) is 11.5. The van der Waals surface area contributed by atoms with Crippen LogP contribution in [0, 0.1) is 11.8 Å². The Bertz CT molecular complexity index is 536. The van der Waals surface area contributed by atoms with Crippen molar-refractivity contribution in [3.8, 4) is 11.8 Å². The largest absolute Gasteiger partial charge is 0.374 e. The van der Waals surface area contributed by atoms with Crippen molar-refractivity contribution in [3.05, 3.63) is 47.0 Å². The summed E-state index contributed by atoms with van der Waals surface area (Å²) in [5.41, 5.74) is 3.31. The average Bonchev–Trinajstić information content (AvgIpc) is 2.75. The van der Waals surface area contributed by atoms with Crippen LogP contribution in [0.1, 0.15) is 49.1 Å². The SMILES string of the molecule is OC1NC(C#CC2=CCCCC2)c2ccccc21. The maximum Gasteiger partial charge on any atom is 0.132 e. The lowest BCUT2D eigenvalue weighted by Crippen LogP contribution is -2.15. The van der Waals surface area contributed by atoms with Gasteiger partial charge in [-0.15, -0.1) is 0 Å². The molecule has 3 rings (SSSR count). The molecule has 0 amide bonds. The maximum atomic E-state index is 9.90. The molecule has 2 nitrogen and oxygen atoms in total. The van der Waals surface area contributed by atoms with Crippen LogP contribution in [0.2, 0.25) is 0 Å². The van der Waals surface area contributed by atoms with Crippen LogP contribution in [0.15, 0.2) is 35.9 Å². The van der Waals surface area contributed by atoms with Crippen molar-refractivity contribution < 1.29 is 5.11 Å². The Balaban J connectivity index is 1.83. The van der Waals surface area contributed by atoms with Gasteiger partial charge in [-0.2, -0.15) is 0 Å². The lowest BCUT2D eigenvalue weighted by molar-refractivity contribution is 0.147. The fourth-order valence-electron chi connectivity index (χ4n) is 2.60. The Morgan fingerprint density at radius 2 is 2.00 bits per heavy atom. The van der Waals surface area contributed by atoms with E-state index in [1.54, 1.807) is 0 Å². The van der Waals surface area contributed by atoms with E-state index in [0.29, 0.717) is 0 Å². The number of hydrogen-bond donors (Lipinski definition) is 2. The third kappa shape index (κ3) is 2.20. The van der Waals surface area contributed by atoms with E-state index in [4.69, 9.17) is 0 Å². The average molecular weight is 239 g/mol. The van der Waals surface area contributed by atoms with Crippen LogP contribution in [0.3, 0.4) is 0 Å². The molecule has 92 valence electrons. The van der Waals surface area contributed by atoms with Gasteiger partial charge in [-0.25, -0.2) is 0 Å². The molecule has 1 aromatic rings. The molecule has 1 aliphatic carbocycles. The van der Waals surface area contributed by atoms with E-state index in [2.05, 4.69) is 23.2 Å². The Morgan fingerprint density at radius 3 is 2.78 bits per heavy atom. The van der Waals surface area contributed by atoms with Crippen molar-refractivity contribution in [1.82, 2.24) is 5.32 Å². The van der Waals surface area contributed by atoms with Crippen molar-refractivity contribution >= 4 is 0 Å². The van der Waals surface area contributed by atoms with Gasteiger partial charge in [-0.05, 0) is 36.8 Å². The fourth-order valence-corrected chi connectivity index (χ4v) is 2.60. The van der Waals surface area contributed by atoms with Gasteiger partial charge < -0.3 is 5.11 Å². The van der Waals surface area contributed by atoms with Gasteiger partial charge >= 0.3 is 0 Å². The zero-order chi connectivity index (χ0) is 12.4. The minimum atomic E-state index is -0.583. The van der Waals surface area contributed by atoms with Gasteiger partial charge in [0.05, 0.1) is 6.04 Å². The lowest BCUT2D eigenvalue weighted by Gasteiger charge is -2.07. The number of rotatable bonds is 0. The van der Waals surface area contributed by atoms with E-state index in [-0.39, 0.29) is 6.04 Å². The van der Waals surface area contributed by atoms with Gasteiger partial charge in [0.25, 0.3) is 0 Å². The summed E-state index contributed by atoms with van der Waals surface area (Å²) in [6.45, 7) is 0. The van der Waals surface area contributed by atoms with Crippen molar-refractivity contribution in [2.75, 3.05) is 0 Å². The molecule has 0 spiro atoms. The number of hydrogen-bond acceptors (Lipinski definition) is 2. The molecule has 2 unspecified atom stereocenters. The molecule has 1 heterocycles. The molecule has 2 aliphatic rings. The fraction of sp³-hybridized carbons (Fsp3) is 0.375. The summed E-state index contributed by atoms with van der Waals surface area (Å²) in [5, 5.41) is 13.0. The van der Waals surface area contributed by atoms with Gasteiger partial charge in [-0.3, -0.25) is 5.32 Å². The summed E-state index contributed by atoms with van der Waals surface area (Å²) >= 11 is 0. The van der Waals surface area contributed by atoms with Crippen LogP contribution in [-0.2, 0) is 0 Å². The monoisotopic (exact) mass is 239 g/mol. The van der Waals surface area contributed by atoms with Gasteiger partial charge in [0.1, 0.15) is 6.23 Å². The topological polar surface area (TPSA) is 32.3 Å². The second kappa shape index (κ2) is 4.97. The van der Waals surface area contributed by atoms with E-state index < -0.39 is 6.23 Å². The van der Waals surface area contributed by atoms with Crippen LogP contribution >= 0.6 is 0 Å². The van der Waals surface area contributed by atoms with Crippen molar-refractivity contribution in [1.29, 1.82) is 0 Å². The molecule has 0 fully saturated rings. The summed E-state index contributed by atoms with van der Waals surface area (Å²) < 4.78 is 0. The number of allylic oxidation sites excluding steroid dienone is 2. The predicted octanol–water partition coefficient (Wildman–Crippen LogP) is 2.83. The highest BCUT2D eigenvalue weighted by atomic mass is 16.3. The van der Waals surface area contributed by atoms with E-state index in [9.17, 15) is 5.11 Å². The van der Waals surface area contributed by atoms with Gasteiger partial charge in [0, 0.05) is 5.56 Å². The zero-order valence-electron chi connectivity index (χ0n) is 10.3. The van der Waals surface area contributed by atoms with Gasteiger partial charge in [0.15, 0.2) is 0 Å². The van der Waals surface area contributed by atoms with E-state index >= 15 is 0 Å². The van der Waals surface area contributed by atoms with Crippen LogP contribution < -0.4 is 5.32 Å². The summed E-state index contributed by atoms with van der Waals surface area (Å²) in [4.78, 5) is 0. The number of aliphatic hydroxyl groups is 1.